The molecule has 7 nitrogen and oxygen atoms in total. The van der Waals surface area contributed by atoms with E-state index in [4.69, 9.17) is 10.6 Å². The van der Waals surface area contributed by atoms with E-state index in [-0.39, 0.29) is 10.3 Å². The van der Waals surface area contributed by atoms with Crippen molar-refractivity contribution in [3.63, 3.8) is 0 Å². The minimum Gasteiger partial charge on any atom is -0.385 e. The average molecular weight is 300 g/mol. The van der Waals surface area contributed by atoms with Gasteiger partial charge >= 0.3 is 0 Å². The fourth-order valence-corrected chi connectivity index (χ4v) is 3.07. The molecule has 4 N–H and O–H groups in total. The fraction of sp³-hybridized carbons (Fsp3) is 0.583. The lowest BCUT2D eigenvalue weighted by Crippen LogP contribution is -2.31. The van der Waals surface area contributed by atoms with Crippen molar-refractivity contribution in [2.45, 2.75) is 24.2 Å². The molecule has 1 aromatic rings. The maximum Gasteiger partial charge on any atom is 0.242 e. The second-order valence-electron chi connectivity index (χ2n) is 5.09. The Labute approximate surface area is 118 Å². The summed E-state index contributed by atoms with van der Waals surface area (Å²) in [5, 5.41) is 0. The van der Waals surface area contributed by atoms with Gasteiger partial charge in [0.1, 0.15) is 10.7 Å². The highest BCUT2D eigenvalue weighted by atomic mass is 32.2. The molecular formula is C12H20N4O3S. The third-order valence-corrected chi connectivity index (χ3v) is 5.01. The van der Waals surface area contributed by atoms with Gasteiger partial charge in [-0.05, 0) is 36.8 Å². The van der Waals surface area contributed by atoms with E-state index in [0.29, 0.717) is 19.0 Å². The number of anilines is 1. The molecular weight excluding hydrogens is 280 g/mol. The molecule has 8 heteroatoms. The molecule has 0 aromatic carbocycles. The van der Waals surface area contributed by atoms with E-state index < -0.39 is 10.0 Å². The highest BCUT2D eigenvalue weighted by molar-refractivity contribution is 7.89. The van der Waals surface area contributed by atoms with Crippen LogP contribution in [-0.4, -0.2) is 33.7 Å². The van der Waals surface area contributed by atoms with Gasteiger partial charge in [-0.15, -0.1) is 0 Å². The quantitative estimate of drug-likeness (QED) is 0.476. The standard InChI is InChI=1S/C12H20N4O3S/c1-19-7-6-12(4-5-12)9-15-20(17,18)10-2-3-11(16-13)14-8-10/h2-3,8,15H,4-7,9,13H2,1H3,(H,14,16). The van der Waals surface area contributed by atoms with Crippen LogP contribution in [-0.2, 0) is 14.8 Å². The van der Waals surface area contributed by atoms with Crippen LogP contribution in [0.3, 0.4) is 0 Å². The van der Waals surface area contributed by atoms with Gasteiger partial charge in [0, 0.05) is 26.5 Å². The van der Waals surface area contributed by atoms with Gasteiger partial charge in [0.05, 0.1) is 0 Å². The lowest BCUT2D eigenvalue weighted by Gasteiger charge is -2.15. The van der Waals surface area contributed by atoms with Gasteiger partial charge in [-0.2, -0.15) is 0 Å². The third kappa shape index (κ3) is 3.66. The zero-order valence-corrected chi connectivity index (χ0v) is 12.2. The number of nitrogen functional groups attached to an aromatic ring is 1. The second kappa shape index (κ2) is 6.04. The van der Waals surface area contributed by atoms with Crippen LogP contribution in [0.4, 0.5) is 5.82 Å². The number of nitrogens with two attached hydrogens (primary N) is 1. The van der Waals surface area contributed by atoms with E-state index in [9.17, 15) is 8.42 Å². The minimum absolute atomic E-state index is 0.0647. The van der Waals surface area contributed by atoms with Crippen LogP contribution in [0, 0.1) is 5.41 Å². The van der Waals surface area contributed by atoms with Crippen LogP contribution in [0.5, 0.6) is 0 Å². The van der Waals surface area contributed by atoms with Crippen LogP contribution in [0.15, 0.2) is 23.2 Å². The number of hydrazine groups is 1. The molecule has 1 aromatic heterocycles. The Kier molecular flexibility index (Phi) is 4.59. The summed E-state index contributed by atoms with van der Waals surface area (Å²) < 4.78 is 32.0. The number of nitrogens with zero attached hydrogens (tertiary/aromatic N) is 1. The Morgan fingerprint density at radius 3 is 2.70 bits per heavy atom. The molecule has 1 aliphatic rings. The number of aromatic nitrogens is 1. The molecule has 1 fully saturated rings. The fourth-order valence-electron chi connectivity index (χ4n) is 1.97. The van der Waals surface area contributed by atoms with Gasteiger partial charge in [0.2, 0.25) is 10.0 Å². The van der Waals surface area contributed by atoms with Crippen molar-refractivity contribution in [3.05, 3.63) is 18.3 Å². The molecule has 1 heterocycles. The maximum absolute atomic E-state index is 12.1. The number of rotatable bonds is 8. The number of pyridine rings is 1. The lowest BCUT2D eigenvalue weighted by molar-refractivity contribution is 0.173. The van der Waals surface area contributed by atoms with Crippen LogP contribution < -0.4 is 16.0 Å². The lowest BCUT2D eigenvalue weighted by atomic mass is 10.0. The number of hydrogen-bond acceptors (Lipinski definition) is 6. The first-order chi connectivity index (χ1) is 9.51. The molecule has 0 radical (unpaired) electrons. The molecule has 0 amide bonds. The Hall–Kier alpha value is -1.22. The monoisotopic (exact) mass is 300 g/mol. The first kappa shape index (κ1) is 15.2. The minimum atomic E-state index is -3.53. The summed E-state index contributed by atoms with van der Waals surface area (Å²) >= 11 is 0. The van der Waals surface area contributed by atoms with Crippen molar-refractivity contribution in [1.29, 1.82) is 0 Å². The van der Waals surface area contributed by atoms with Crippen molar-refractivity contribution in [1.82, 2.24) is 9.71 Å². The summed E-state index contributed by atoms with van der Waals surface area (Å²) in [4.78, 5) is 4.04. The predicted octanol–water partition coefficient (Wildman–Crippen LogP) is 0.462. The van der Waals surface area contributed by atoms with Crippen molar-refractivity contribution in [2.24, 2.45) is 11.3 Å². The zero-order chi connectivity index (χ0) is 14.6. The van der Waals surface area contributed by atoms with Crippen molar-refractivity contribution >= 4 is 15.8 Å². The van der Waals surface area contributed by atoms with E-state index in [1.807, 2.05) is 0 Å². The molecule has 0 bridgehead atoms. The largest absolute Gasteiger partial charge is 0.385 e. The highest BCUT2D eigenvalue weighted by Gasteiger charge is 2.42. The van der Waals surface area contributed by atoms with Gasteiger partial charge in [-0.3, -0.25) is 0 Å². The van der Waals surface area contributed by atoms with E-state index in [0.717, 1.165) is 19.3 Å². The molecule has 1 aliphatic carbocycles. The number of ether oxygens (including phenoxy) is 1. The summed E-state index contributed by atoms with van der Waals surface area (Å²) in [6.45, 7) is 1.09. The predicted molar refractivity (Wildman–Crippen MR) is 75.4 cm³/mol. The molecule has 0 spiro atoms. The summed E-state index contributed by atoms with van der Waals surface area (Å²) in [6.07, 6.45) is 4.23. The first-order valence-corrected chi connectivity index (χ1v) is 7.91. The Bertz CT molecular complexity index is 540. The topological polar surface area (TPSA) is 106 Å². The Balaban J connectivity index is 1.97. The highest BCUT2D eigenvalue weighted by Crippen LogP contribution is 2.48. The van der Waals surface area contributed by atoms with Crippen molar-refractivity contribution < 1.29 is 13.2 Å². The molecule has 0 unspecified atom stereocenters. The first-order valence-electron chi connectivity index (χ1n) is 6.43. The van der Waals surface area contributed by atoms with E-state index in [2.05, 4.69) is 15.1 Å². The molecule has 0 atom stereocenters. The van der Waals surface area contributed by atoms with Crippen molar-refractivity contribution in [3.8, 4) is 0 Å². The van der Waals surface area contributed by atoms with E-state index in [1.165, 1.54) is 18.3 Å². The smallest absolute Gasteiger partial charge is 0.242 e. The Morgan fingerprint density at radius 2 is 2.20 bits per heavy atom. The van der Waals surface area contributed by atoms with Crippen LogP contribution in [0.2, 0.25) is 0 Å². The number of methoxy groups -OCH3 is 1. The second-order valence-corrected chi connectivity index (χ2v) is 6.86. The molecule has 0 saturated heterocycles. The summed E-state index contributed by atoms with van der Waals surface area (Å²) in [5.41, 5.74) is 2.42. The van der Waals surface area contributed by atoms with Crippen LogP contribution in [0.1, 0.15) is 19.3 Å². The SMILES string of the molecule is COCCC1(CNS(=O)(=O)c2ccc(NN)nc2)CC1. The van der Waals surface area contributed by atoms with Gasteiger partial charge in [-0.25, -0.2) is 24.0 Å². The van der Waals surface area contributed by atoms with Gasteiger partial charge in [0.15, 0.2) is 0 Å². The zero-order valence-electron chi connectivity index (χ0n) is 11.4. The average Bonchev–Trinajstić information content (AvgIpc) is 3.24. The normalized spacial score (nSPS) is 16.9. The van der Waals surface area contributed by atoms with Crippen molar-refractivity contribution in [2.75, 3.05) is 25.7 Å². The van der Waals surface area contributed by atoms with Gasteiger partial charge in [-0.1, -0.05) is 0 Å². The van der Waals surface area contributed by atoms with Gasteiger partial charge < -0.3 is 10.2 Å². The number of hydrogen-bond donors (Lipinski definition) is 3. The summed E-state index contributed by atoms with van der Waals surface area (Å²) in [7, 11) is -1.87. The molecule has 1 saturated carbocycles. The molecule has 0 aliphatic heterocycles. The molecule has 112 valence electrons. The Morgan fingerprint density at radius 1 is 1.45 bits per heavy atom. The maximum atomic E-state index is 12.1. The molecule has 2 rings (SSSR count). The van der Waals surface area contributed by atoms with E-state index in [1.54, 1.807) is 7.11 Å². The van der Waals surface area contributed by atoms with Gasteiger partial charge in [0.25, 0.3) is 0 Å². The third-order valence-electron chi connectivity index (χ3n) is 3.63. The summed E-state index contributed by atoms with van der Waals surface area (Å²) in [5.74, 6) is 5.61. The van der Waals surface area contributed by atoms with Crippen LogP contribution in [0.25, 0.3) is 0 Å². The molecule has 20 heavy (non-hydrogen) atoms. The number of sulfonamides is 1. The van der Waals surface area contributed by atoms with Crippen LogP contribution >= 0.6 is 0 Å². The number of nitrogens with one attached hydrogen (secondary N) is 2. The summed E-state index contributed by atoms with van der Waals surface area (Å²) in [6, 6.07) is 2.99. The van der Waals surface area contributed by atoms with E-state index >= 15 is 0 Å².